The highest BCUT2D eigenvalue weighted by molar-refractivity contribution is 5.79. The van der Waals surface area contributed by atoms with Crippen LogP contribution >= 0.6 is 0 Å². The number of fused-ring (bicyclic) bond motifs is 1. The van der Waals surface area contributed by atoms with Crippen molar-refractivity contribution in [1.29, 1.82) is 0 Å². The number of benzene rings is 2. The first kappa shape index (κ1) is 19.5. The van der Waals surface area contributed by atoms with E-state index in [1.54, 1.807) is 25.1 Å². The fraction of sp³-hybridized carbons (Fsp3) is 0.227. The summed E-state index contributed by atoms with van der Waals surface area (Å²) in [6, 6.07) is 13.0. The summed E-state index contributed by atoms with van der Waals surface area (Å²) in [5, 5.41) is 7.02. The van der Waals surface area contributed by atoms with Gasteiger partial charge in [-0.25, -0.2) is 0 Å². The molecule has 0 aliphatic rings. The molecule has 0 aliphatic heterocycles. The molecule has 8 nitrogen and oxygen atoms in total. The summed E-state index contributed by atoms with van der Waals surface area (Å²) in [7, 11) is 0. The number of rotatable bonds is 7. The van der Waals surface area contributed by atoms with Crippen LogP contribution in [-0.2, 0) is 11.4 Å². The summed E-state index contributed by atoms with van der Waals surface area (Å²) < 4.78 is 22.4. The van der Waals surface area contributed by atoms with Crippen molar-refractivity contribution in [3.05, 3.63) is 59.5 Å². The molecule has 0 bridgehead atoms. The molecular weight excluding hydrogens is 386 g/mol. The van der Waals surface area contributed by atoms with Gasteiger partial charge < -0.3 is 23.7 Å². The van der Waals surface area contributed by atoms with Crippen molar-refractivity contribution in [2.45, 2.75) is 33.8 Å². The average Bonchev–Trinajstić information content (AvgIpc) is 3.30. The fourth-order valence-corrected chi connectivity index (χ4v) is 2.92. The molecule has 2 aromatic heterocycles. The zero-order chi connectivity index (χ0) is 21.1. The number of para-hydroxylation sites is 3. The molecule has 0 atom stereocenters. The van der Waals surface area contributed by atoms with Crippen LogP contribution in [0, 0.1) is 13.8 Å². The fourth-order valence-electron chi connectivity index (χ4n) is 2.92. The first-order valence-electron chi connectivity index (χ1n) is 9.56. The van der Waals surface area contributed by atoms with E-state index in [1.807, 2.05) is 38.1 Å². The third kappa shape index (κ3) is 3.98. The molecule has 30 heavy (non-hydrogen) atoms. The summed E-state index contributed by atoms with van der Waals surface area (Å²) in [6.45, 7) is 5.62. The van der Waals surface area contributed by atoms with Gasteiger partial charge in [-0.05, 0) is 38.1 Å². The minimum Gasteiger partial charge on any atom is -0.485 e. The zero-order valence-corrected chi connectivity index (χ0v) is 16.9. The van der Waals surface area contributed by atoms with E-state index in [0.717, 1.165) is 16.8 Å². The highest BCUT2D eigenvalue weighted by Gasteiger charge is 2.18. The van der Waals surface area contributed by atoms with Crippen molar-refractivity contribution in [3.8, 4) is 11.5 Å². The summed E-state index contributed by atoms with van der Waals surface area (Å²) in [6.07, 6.45) is 0.223. The number of esters is 1. The lowest BCUT2D eigenvalue weighted by molar-refractivity contribution is -0.134. The van der Waals surface area contributed by atoms with Crippen LogP contribution in [-0.4, -0.2) is 16.1 Å². The van der Waals surface area contributed by atoms with E-state index < -0.39 is 0 Å². The molecule has 4 rings (SSSR count). The lowest BCUT2D eigenvalue weighted by atomic mass is 10.2. The third-order valence-corrected chi connectivity index (χ3v) is 4.57. The van der Waals surface area contributed by atoms with Crippen molar-refractivity contribution < 1.29 is 23.2 Å². The highest BCUT2D eigenvalue weighted by Crippen LogP contribution is 2.38. The monoisotopic (exact) mass is 407 g/mol. The van der Waals surface area contributed by atoms with Crippen LogP contribution in [0.1, 0.15) is 30.4 Å². The number of nitrogens with one attached hydrogen (secondary N) is 1. The Hall–Kier alpha value is -3.81. The number of oxazole rings is 1. The van der Waals surface area contributed by atoms with Gasteiger partial charge in [-0.2, -0.15) is 4.98 Å². The van der Waals surface area contributed by atoms with E-state index in [4.69, 9.17) is 18.4 Å². The maximum absolute atomic E-state index is 12.1. The van der Waals surface area contributed by atoms with Gasteiger partial charge in [0.05, 0.1) is 16.9 Å². The normalized spacial score (nSPS) is 10.9. The Bertz CT molecular complexity index is 1140. The molecule has 8 heteroatoms. The van der Waals surface area contributed by atoms with Crippen molar-refractivity contribution in [2.24, 2.45) is 0 Å². The van der Waals surface area contributed by atoms with E-state index in [2.05, 4.69) is 15.5 Å². The predicted octanol–water partition coefficient (Wildman–Crippen LogP) is 5.07. The zero-order valence-electron chi connectivity index (χ0n) is 16.9. The van der Waals surface area contributed by atoms with Crippen LogP contribution in [0.4, 0.5) is 11.7 Å². The molecule has 0 spiro atoms. The molecule has 1 N–H and O–H groups in total. The van der Waals surface area contributed by atoms with Crippen molar-refractivity contribution in [2.75, 3.05) is 5.32 Å². The van der Waals surface area contributed by atoms with Gasteiger partial charge in [0.15, 0.2) is 17.1 Å². The molecule has 4 aromatic rings. The van der Waals surface area contributed by atoms with Gasteiger partial charge in [-0.15, -0.1) is 0 Å². The number of carbonyl (C=O) groups is 1. The number of anilines is 2. The summed E-state index contributed by atoms with van der Waals surface area (Å²) in [5.41, 5.74) is 3.47. The number of hydrogen-bond donors (Lipinski definition) is 1. The average molecular weight is 407 g/mol. The SMILES string of the molecule is CCC(=O)Oc1c(Nc2nc3ccccc3o2)cccc1OCc1c(C)noc1C. The van der Waals surface area contributed by atoms with Crippen molar-refractivity contribution >= 4 is 28.8 Å². The predicted molar refractivity (Wildman–Crippen MR) is 110 cm³/mol. The third-order valence-electron chi connectivity index (χ3n) is 4.57. The molecule has 0 saturated heterocycles. The van der Waals surface area contributed by atoms with Gasteiger partial charge in [0, 0.05) is 6.42 Å². The van der Waals surface area contributed by atoms with Crippen LogP contribution in [0.2, 0.25) is 0 Å². The summed E-state index contributed by atoms with van der Waals surface area (Å²) in [4.78, 5) is 16.5. The van der Waals surface area contributed by atoms with Gasteiger partial charge in [-0.1, -0.05) is 30.3 Å². The van der Waals surface area contributed by atoms with Crippen LogP contribution in [0.25, 0.3) is 11.1 Å². The van der Waals surface area contributed by atoms with Crippen molar-refractivity contribution in [1.82, 2.24) is 10.1 Å². The van der Waals surface area contributed by atoms with E-state index in [9.17, 15) is 4.79 Å². The number of carbonyl (C=O) groups excluding carboxylic acids is 1. The maximum atomic E-state index is 12.1. The van der Waals surface area contributed by atoms with E-state index in [1.165, 1.54) is 0 Å². The quantitative estimate of drug-likeness (QED) is 0.335. The van der Waals surface area contributed by atoms with E-state index >= 15 is 0 Å². The minimum absolute atomic E-state index is 0.223. The van der Waals surface area contributed by atoms with Gasteiger partial charge in [0.2, 0.25) is 0 Å². The molecule has 0 saturated carbocycles. The Morgan fingerprint density at radius 2 is 1.97 bits per heavy atom. The summed E-state index contributed by atoms with van der Waals surface area (Å²) in [5.74, 6) is 0.959. The number of ether oxygens (including phenoxy) is 2. The largest absolute Gasteiger partial charge is 0.485 e. The molecule has 0 aliphatic carbocycles. The van der Waals surface area contributed by atoms with Gasteiger partial charge >= 0.3 is 5.97 Å². The highest BCUT2D eigenvalue weighted by atomic mass is 16.6. The molecule has 2 heterocycles. The Kier molecular flexibility index (Phi) is 5.38. The summed E-state index contributed by atoms with van der Waals surface area (Å²) >= 11 is 0. The molecule has 0 amide bonds. The molecule has 154 valence electrons. The van der Waals surface area contributed by atoms with E-state index in [-0.39, 0.29) is 30.8 Å². The Balaban J connectivity index is 1.65. The Morgan fingerprint density at radius 3 is 2.70 bits per heavy atom. The van der Waals surface area contributed by atoms with Crippen molar-refractivity contribution in [3.63, 3.8) is 0 Å². The standard InChI is InChI=1S/C22H21N3O5/c1-4-20(26)29-21-17(24-22-23-16-8-5-6-10-18(16)28-22)9-7-11-19(21)27-12-15-13(2)25-30-14(15)3/h5-11H,4,12H2,1-3H3,(H,23,24). The first-order valence-corrected chi connectivity index (χ1v) is 9.56. The lowest BCUT2D eigenvalue weighted by Crippen LogP contribution is -2.09. The molecule has 0 radical (unpaired) electrons. The second-order valence-corrected chi connectivity index (χ2v) is 6.66. The van der Waals surface area contributed by atoms with Gasteiger partial charge in [0.25, 0.3) is 6.01 Å². The second kappa shape index (κ2) is 8.28. The lowest BCUT2D eigenvalue weighted by Gasteiger charge is -2.15. The Morgan fingerprint density at radius 1 is 1.13 bits per heavy atom. The minimum atomic E-state index is -0.385. The second-order valence-electron chi connectivity index (χ2n) is 6.66. The van der Waals surface area contributed by atoms with E-state index in [0.29, 0.717) is 22.8 Å². The molecule has 0 unspecified atom stereocenters. The topological polar surface area (TPSA) is 99.6 Å². The van der Waals surface area contributed by atoms with Gasteiger partial charge in [0.1, 0.15) is 17.9 Å². The number of aryl methyl sites for hydroxylation is 2. The Labute approximate surface area is 172 Å². The molecular formula is C22H21N3O5. The molecule has 0 fully saturated rings. The first-order chi connectivity index (χ1) is 14.5. The maximum Gasteiger partial charge on any atom is 0.311 e. The number of nitrogens with zero attached hydrogens (tertiary/aromatic N) is 2. The van der Waals surface area contributed by atoms with Crippen LogP contribution in [0.3, 0.4) is 0 Å². The van der Waals surface area contributed by atoms with Gasteiger partial charge in [-0.3, -0.25) is 4.79 Å². The van der Waals surface area contributed by atoms with Crippen LogP contribution < -0.4 is 14.8 Å². The number of hydrogen-bond acceptors (Lipinski definition) is 8. The number of aromatic nitrogens is 2. The smallest absolute Gasteiger partial charge is 0.311 e. The van der Waals surface area contributed by atoms with Crippen LogP contribution in [0.5, 0.6) is 11.5 Å². The molecule has 2 aromatic carbocycles. The van der Waals surface area contributed by atoms with Crippen LogP contribution in [0.15, 0.2) is 51.4 Å².